The quantitative estimate of drug-likeness (QED) is 0.908. The molecule has 0 aliphatic heterocycles. The highest BCUT2D eigenvalue weighted by Gasteiger charge is 2.33. The molecule has 3 nitrogen and oxygen atoms in total. The molecule has 0 radical (unpaired) electrons. The van der Waals surface area contributed by atoms with E-state index in [0.717, 1.165) is 36.2 Å². The van der Waals surface area contributed by atoms with Gasteiger partial charge in [0.15, 0.2) is 0 Å². The number of hydrogen-bond acceptors (Lipinski definition) is 3. The van der Waals surface area contributed by atoms with E-state index in [0.29, 0.717) is 6.04 Å². The van der Waals surface area contributed by atoms with E-state index >= 15 is 0 Å². The molecule has 1 aliphatic carbocycles. The van der Waals surface area contributed by atoms with Crippen molar-refractivity contribution in [2.24, 2.45) is 0 Å². The molecule has 0 saturated heterocycles. The zero-order valence-corrected chi connectivity index (χ0v) is 13.2. The highest BCUT2D eigenvalue weighted by Crippen LogP contribution is 2.31. The summed E-state index contributed by atoms with van der Waals surface area (Å²) in [6.07, 6.45) is 2.26. The molecule has 1 aliphatic rings. The summed E-state index contributed by atoms with van der Waals surface area (Å²) < 4.78 is 0. The Labute approximate surface area is 129 Å². The lowest BCUT2D eigenvalue weighted by atomic mass is 10.1. The van der Waals surface area contributed by atoms with Crippen molar-refractivity contribution in [2.45, 2.75) is 32.4 Å². The standard InChI is InChI=1S/C17H20N2OS/c1-12-9-14(18-2)3-6-16(12)17(20)19(15-4-5-15)10-13-7-8-21-11-13/h3,6-9,11,15,18H,4-5,10H2,1-2H3. The number of benzene rings is 1. The van der Waals surface area contributed by atoms with Gasteiger partial charge in [0.05, 0.1) is 0 Å². The average Bonchev–Trinajstić information content (AvgIpc) is 3.20. The molecule has 1 heterocycles. The van der Waals surface area contributed by atoms with Gasteiger partial charge >= 0.3 is 0 Å². The Morgan fingerprint density at radius 3 is 2.76 bits per heavy atom. The van der Waals surface area contributed by atoms with Crippen LogP contribution in [0.1, 0.15) is 34.3 Å². The normalized spacial score (nSPS) is 14.0. The highest BCUT2D eigenvalue weighted by molar-refractivity contribution is 7.07. The third-order valence-electron chi connectivity index (χ3n) is 3.93. The second-order valence-corrected chi connectivity index (χ2v) is 6.36. The van der Waals surface area contributed by atoms with Gasteiger partial charge in [-0.25, -0.2) is 0 Å². The molecule has 1 N–H and O–H groups in total. The fourth-order valence-electron chi connectivity index (χ4n) is 2.55. The summed E-state index contributed by atoms with van der Waals surface area (Å²) in [4.78, 5) is 14.9. The maximum Gasteiger partial charge on any atom is 0.254 e. The molecule has 21 heavy (non-hydrogen) atoms. The van der Waals surface area contributed by atoms with Crippen molar-refractivity contribution in [3.05, 3.63) is 51.7 Å². The Balaban J connectivity index is 1.84. The van der Waals surface area contributed by atoms with Gasteiger partial charge in [0.25, 0.3) is 5.91 Å². The first-order valence-electron chi connectivity index (χ1n) is 7.29. The van der Waals surface area contributed by atoms with E-state index < -0.39 is 0 Å². The minimum atomic E-state index is 0.156. The van der Waals surface area contributed by atoms with Crippen LogP contribution in [0.25, 0.3) is 0 Å². The fraction of sp³-hybridized carbons (Fsp3) is 0.353. The maximum absolute atomic E-state index is 12.9. The second kappa shape index (κ2) is 5.90. The Morgan fingerprint density at radius 2 is 2.19 bits per heavy atom. The minimum absolute atomic E-state index is 0.156. The van der Waals surface area contributed by atoms with Crippen molar-refractivity contribution in [2.75, 3.05) is 12.4 Å². The number of nitrogens with zero attached hydrogens (tertiary/aromatic N) is 1. The maximum atomic E-state index is 12.9. The molecule has 0 bridgehead atoms. The zero-order valence-electron chi connectivity index (χ0n) is 12.4. The molecular weight excluding hydrogens is 280 g/mol. The number of hydrogen-bond donors (Lipinski definition) is 1. The van der Waals surface area contributed by atoms with Crippen LogP contribution in [0.4, 0.5) is 5.69 Å². The van der Waals surface area contributed by atoms with Crippen LogP contribution in [-0.2, 0) is 6.54 Å². The second-order valence-electron chi connectivity index (χ2n) is 5.58. The molecule has 1 aromatic heterocycles. The first-order chi connectivity index (χ1) is 10.2. The molecule has 2 aromatic rings. The fourth-order valence-corrected chi connectivity index (χ4v) is 3.21. The minimum Gasteiger partial charge on any atom is -0.388 e. The van der Waals surface area contributed by atoms with Crippen LogP contribution < -0.4 is 5.32 Å². The van der Waals surface area contributed by atoms with Crippen LogP contribution in [0.15, 0.2) is 35.0 Å². The van der Waals surface area contributed by atoms with E-state index in [1.165, 1.54) is 5.56 Å². The van der Waals surface area contributed by atoms with Gasteiger partial charge in [0.2, 0.25) is 0 Å². The van der Waals surface area contributed by atoms with Crippen LogP contribution in [0, 0.1) is 6.92 Å². The molecular formula is C17H20N2OS. The number of anilines is 1. The van der Waals surface area contributed by atoms with E-state index in [9.17, 15) is 4.79 Å². The van der Waals surface area contributed by atoms with Crippen molar-refractivity contribution >= 4 is 22.9 Å². The Bertz CT molecular complexity index is 632. The number of carbonyl (C=O) groups is 1. The summed E-state index contributed by atoms with van der Waals surface area (Å²) >= 11 is 1.68. The van der Waals surface area contributed by atoms with Crippen molar-refractivity contribution < 1.29 is 4.79 Å². The summed E-state index contributed by atoms with van der Waals surface area (Å²) in [6.45, 7) is 2.73. The lowest BCUT2D eigenvalue weighted by Gasteiger charge is -2.23. The van der Waals surface area contributed by atoms with Crippen LogP contribution in [0.5, 0.6) is 0 Å². The Kier molecular flexibility index (Phi) is 3.97. The third kappa shape index (κ3) is 3.10. The lowest BCUT2D eigenvalue weighted by Crippen LogP contribution is -2.32. The lowest BCUT2D eigenvalue weighted by molar-refractivity contribution is 0.0729. The smallest absolute Gasteiger partial charge is 0.254 e. The summed E-state index contributed by atoms with van der Waals surface area (Å²) in [5.74, 6) is 0.156. The molecule has 3 rings (SSSR count). The molecule has 1 saturated carbocycles. The SMILES string of the molecule is CNc1ccc(C(=O)N(Cc2ccsc2)C2CC2)c(C)c1. The van der Waals surface area contributed by atoms with E-state index in [-0.39, 0.29) is 5.91 Å². The zero-order chi connectivity index (χ0) is 14.8. The molecule has 1 aromatic carbocycles. The molecule has 1 amide bonds. The summed E-state index contributed by atoms with van der Waals surface area (Å²) in [5, 5.41) is 7.30. The molecule has 110 valence electrons. The largest absolute Gasteiger partial charge is 0.388 e. The summed E-state index contributed by atoms with van der Waals surface area (Å²) in [5.41, 5.74) is 4.11. The predicted octanol–water partition coefficient (Wildman–Crippen LogP) is 3.90. The van der Waals surface area contributed by atoms with Gasteiger partial charge in [-0.1, -0.05) is 0 Å². The molecule has 0 spiro atoms. The van der Waals surface area contributed by atoms with E-state index in [1.807, 2.05) is 37.1 Å². The van der Waals surface area contributed by atoms with Gasteiger partial charge in [-0.2, -0.15) is 11.3 Å². The number of carbonyl (C=O) groups excluding carboxylic acids is 1. The first kappa shape index (κ1) is 14.1. The van der Waals surface area contributed by atoms with E-state index in [4.69, 9.17) is 0 Å². The highest BCUT2D eigenvalue weighted by atomic mass is 32.1. The van der Waals surface area contributed by atoms with Crippen LogP contribution in [0.2, 0.25) is 0 Å². The van der Waals surface area contributed by atoms with Gasteiger partial charge in [0, 0.05) is 30.9 Å². The van der Waals surface area contributed by atoms with Crippen molar-refractivity contribution in [1.29, 1.82) is 0 Å². The van der Waals surface area contributed by atoms with Crippen molar-refractivity contribution in [3.8, 4) is 0 Å². The first-order valence-corrected chi connectivity index (χ1v) is 8.24. The van der Waals surface area contributed by atoms with Crippen LogP contribution in [0.3, 0.4) is 0 Å². The summed E-state index contributed by atoms with van der Waals surface area (Å²) in [7, 11) is 1.89. The van der Waals surface area contributed by atoms with E-state index in [2.05, 4.69) is 22.1 Å². The number of nitrogens with one attached hydrogen (secondary N) is 1. The Hall–Kier alpha value is -1.81. The number of thiophene rings is 1. The van der Waals surface area contributed by atoms with Crippen LogP contribution in [-0.4, -0.2) is 23.9 Å². The molecule has 1 fully saturated rings. The number of rotatable bonds is 5. The van der Waals surface area contributed by atoms with Gasteiger partial charge in [-0.3, -0.25) is 4.79 Å². The van der Waals surface area contributed by atoms with Gasteiger partial charge in [-0.15, -0.1) is 0 Å². The monoisotopic (exact) mass is 300 g/mol. The van der Waals surface area contributed by atoms with Gasteiger partial charge in [0.1, 0.15) is 0 Å². The molecule has 0 atom stereocenters. The number of amides is 1. The molecule has 0 unspecified atom stereocenters. The summed E-state index contributed by atoms with van der Waals surface area (Å²) in [6, 6.07) is 8.45. The Morgan fingerprint density at radius 1 is 1.38 bits per heavy atom. The predicted molar refractivity (Wildman–Crippen MR) is 87.9 cm³/mol. The number of aryl methyl sites for hydroxylation is 1. The van der Waals surface area contributed by atoms with Gasteiger partial charge in [-0.05, 0) is 65.9 Å². The van der Waals surface area contributed by atoms with Crippen molar-refractivity contribution in [1.82, 2.24) is 4.90 Å². The molecule has 4 heteroatoms. The topological polar surface area (TPSA) is 32.3 Å². The third-order valence-corrected chi connectivity index (χ3v) is 4.66. The van der Waals surface area contributed by atoms with Gasteiger partial charge < -0.3 is 10.2 Å². The van der Waals surface area contributed by atoms with E-state index in [1.54, 1.807) is 11.3 Å². The average molecular weight is 300 g/mol. The van der Waals surface area contributed by atoms with Crippen molar-refractivity contribution in [3.63, 3.8) is 0 Å². The van der Waals surface area contributed by atoms with Crippen LogP contribution >= 0.6 is 11.3 Å².